The molecule has 2 atom stereocenters. The van der Waals surface area contributed by atoms with Crippen molar-refractivity contribution in [3.63, 3.8) is 0 Å². The number of hydrogen-bond donors (Lipinski definition) is 1. The smallest absolute Gasteiger partial charge is 0.0905 e. The second-order valence-electron chi connectivity index (χ2n) is 4.24. The summed E-state index contributed by atoms with van der Waals surface area (Å²) in [6.07, 6.45) is 6.23. The molecule has 0 aliphatic heterocycles. The fraction of sp³-hybridized carbons (Fsp3) is 1.00. The predicted octanol–water partition coefficient (Wildman–Crippen LogP) is 3.13. The Hall–Kier alpha value is -0.0800. The third-order valence-electron chi connectivity index (χ3n) is 3.20. The molecule has 1 N–H and O–H groups in total. The van der Waals surface area contributed by atoms with Crippen molar-refractivity contribution in [1.29, 1.82) is 0 Å². The lowest BCUT2D eigenvalue weighted by Crippen LogP contribution is -2.40. The number of methoxy groups -OCH3 is 1. The molecule has 2 unspecified atom stereocenters. The minimum Gasteiger partial charge on any atom is -0.390 e. The zero-order valence-electron chi connectivity index (χ0n) is 10.2. The number of aliphatic hydroxyl groups excluding tert-OH is 1. The molecule has 0 aromatic heterocycles. The largest absolute Gasteiger partial charge is 0.390 e. The standard InChI is InChI=1S/C12H26O2/c1-5-7-8-9-10-11(13)12(3,6-2)14-4/h11,13H,5-10H2,1-4H3. The van der Waals surface area contributed by atoms with Gasteiger partial charge in [0.2, 0.25) is 0 Å². The molecule has 0 heterocycles. The molecule has 0 spiro atoms. The number of hydrogen-bond acceptors (Lipinski definition) is 2. The van der Waals surface area contributed by atoms with Crippen LogP contribution >= 0.6 is 0 Å². The van der Waals surface area contributed by atoms with E-state index in [9.17, 15) is 5.11 Å². The molecule has 0 fully saturated rings. The molecule has 0 saturated carbocycles. The number of ether oxygens (including phenoxy) is 1. The van der Waals surface area contributed by atoms with Crippen LogP contribution in [-0.4, -0.2) is 23.9 Å². The van der Waals surface area contributed by atoms with E-state index in [1.54, 1.807) is 7.11 Å². The molecule has 0 bridgehead atoms. The van der Waals surface area contributed by atoms with Gasteiger partial charge in [0.1, 0.15) is 0 Å². The van der Waals surface area contributed by atoms with Gasteiger partial charge in [0.15, 0.2) is 0 Å². The van der Waals surface area contributed by atoms with Gasteiger partial charge in [-0.2, -0.15) is 0 Å². The number of aliphatic hydroxyl groups is 1. The Morgan fingerprint density at radius 3 is 2.29 bits per heavy atom. The van der Waals surface area contributed by atoms with E-state index in [1.165, 1.54) is 19.3 Å². The Kier molecular flexibility index (Phi) is 7.20. The average Bonchev–Trinajstić information content (AvgIpc) is 2.22. The van der Waals surface area contributed by atoms with Crippen LogP contribution in [0.3, 0.4) is 0 Å². The molecular weight excluding hydrogens is 176 g/mol. The Balaban J connectivity index is 3.75. The van der Waals surface area contributed by atoms with Crippen molar-refractivity contribution in [1.82, 2.24) is 0 Å². The molecule has 2 heteroatoms. The van der Waals surface area contributed by atoms with Crippen LogP contribution in [0.4, 0.5) is 0 Å². The van der Waals surface area contributed by atoms with E-state index in [0.29, 0.717) is 0 Å². The van der Waals surface area contributed by atoms with Crippen LogP contribution in [0.5, 0.6) is 0 Å². The maximum atomic E-state index is 9.94. The molecule has 0 saturated heterocycles. The maximum Gasteiger partial charge on any atom is 0.0905 e. The van der Waals surface area contributed by atoms with Crippen molar-refractivity contribution in [2.45, 2.75) is 71.0 Å². The SMILES string of the molecule is CCCCCCC(O)C(C)(CC)OC. The van der Waals surface area contributed by atoms with Crippen LogP contribution in [-0.2, 0) is 4.74 Å². The normalized spacial score (nSPS) is 17.8. The first-order valence-corrected chi connectivity index (χ1v) is 5.84. The van der Waals surface area contributed by atoms with Crippen molar-refractivity contribution in [3.05, 3.63) is 0 Å². The summed E-state index contributed by atoms with van der Waals surface area (Å²) < 4.78 is 5.36. The lowest BCUT2D eigenvalue weighted by Gasteiger charge is -2.32. The van der Waals surface area contributed by atoms with E-state index in [-0.39, 0.29) is 11.7 Å². The van der Waals surface area contributed by atoms with E-state index in [0.717, 1.165) is 19.3 Å². The number of rotatable bonds is 8. The van der Waals surface area contributed by atoms with Gasteiger partial charge >= 0.3 is 0 Å². The molecule has 0 radical (unpaired) electrons. The zero-order valence-corrected chi connectivity index (χ0v) is 10.2. The second kappa shape index (κ2) is 7.24. The fourth-order valence-corrected chi connectivity index (χ4v) is 1.59. The lowest BCUT2D eigenvalue weighted by atomic mass is 9.91. The van der Waals surface area contributed by atoms with E-state index in [1.807, 2.05) is 6.92 Å². The fourth-order valence-electron chi connectivity index (χ4n) is 1.59. The molecule has 0 aromatic rings. The third-order valence-corrected chi connectivity index (χ3v) is 3.20. The minimum atomic E-state index is -0.355. The van der Waals surface area contributed by atoms with Gasteiger partial charge in [0, 0.05) is 7.11 Å². The molecule has 0 aromatic carbocycles. The van der Waals surface area contributed by atoms with E-state index in [2.05, 4.69) is 13.8 Å². The summed E-state index contributed by atoms with van der Waals surface area (Å²) in [5.74, 6) is 0. The molecule has 2 nitrogen and oxygen atoms in total. The van der Waals surface area contributed by atoms with Crippen LogP contribution in [0.25, 0.3) is 0 Å². The molecular formula is C12H26O2. The summed E-state index contributed by atoms with van der Waals surface area (Å²) in [5, 5.41) is 9.94. The minimum absolute atomic E-state index is 0.325. The topological polar surface area (TPSA) is 29.5 Å². The van der Waals surface area contributed by atoms with E-state index >= 15 is 0 Å². The highest BCUT2D eigenvalue weighted by atomic mass is 16.5. The van der Waals surface area contributed by atoms with Gasteiger partial charge in [-0.05, 0) is 19.8 Å². The quantitative estimate of drug-likeness (QED) is 0.613. The van der Waals surface area contributed by atoms with Crippen LogP contribution in [0.2, 0.25) is 0 Å². The lowest BCUT2D eigenvalue weighted by molar-refractivity contribution is -0.0954. The van der Waals surface area contributed by atoms with Crippen molar-refractivity contribution in [3.8, 4) is 0 Å². The first-order chi connectivity index (χ1) is 6.60. The third kappa shape index (κ3) is 4.43. The number of unbranched alkanes of at least 4 members (excludes halogenated alkanes) is 3. The first kappa shape index (κ1) is 13.9. The van der Waals surface area contributed by atoms with Crippen molar-refractivity contribution >= 4 is 0 Å². The zero-order chi connectivity index (χ0) is 11.0. The summed E-state index contributed by atoms with van der Waals surface area (Å²) >= 11 is 0. The highest BCUT2D eigenvalue weighted by Crippen LogP contribution is 2.23. The highest BCUT2D eigenvalue weighted by molar-refractivity contribution is 4.81. The molecule has 0 amide bonds. The second-order valence-corrected chi connectivity index (χ2v) is 4.24. The van der Waals surface area contributed by atoms with Gasteiger partial charge in [0.05, 0.1) is 11.7 Å². The summed E-state index contributed by atoms with van der Waals surface area (Å²) in [6.45, 7) is 6.23. The summed E-state index contributed by atoms with van der Waals surface area (Å²) in [6, 6.07) is 0. The van der Waals surface area contributed by atoms with Crippen molar-refractivity contribution in [2.24, 2.45) is 0 Å². The molecule has 0 rings (SSSR count). The van der Waals surface area contributed by atoms with Gasteiger partial charge in [-0.25, -0.2) is 0 Å². The van der Waals surface area contributed by atoms with Crippen molar-refractivity contribution < 1.29 is 9.84 Å². The summed E-state index contributed by atoms with van der Waals surface area (Å²) in [5.41, 5.74) is -0.355. The Labute approximate surface area is 88.7 Å². The molecule has 86 valence electrons. The van der Waals surface area contributed by atoms with Crippen LogP contribution in [0.1, 0.15) is 59.3 Å². The Morgan fingerprint density at radius 2 is 1.86 bits per heavy atom. The van der Waals surface area contributed by atoms with Gasteiger partial charge in [-0.3, -0.25) is 0 Å². The van der Waals surface area contributed by atoms with Gasteiger partial charge in [-0.1, -0.05) is 39.5 Å². The van der Waals surface area contributed by atoms with Gasteiger partial charge in [-0.15, -0.1) is 0 Å². The average molecular weight is 202 g/mol. The van der Waals surface area contributed by atoms with Crippen LogP contribution in [0, 0.1) is 0 Å². The first-order valence-electron chi connectivity index (χ1n) is 5.84. The maximum absolute atomic E-state index is 9.94. The summed E-state index contributed by atoms with van der Waals surface area (Å²) in [7, 11) is 1.68. The van der Waals surface area contributed by atoms with Crippen LogP contribution in [0.15, 0.2) is 0 Å². The molecule has 0 aliphatic carbocycles. The highest BCUT2D eigenvalue weighted by Gasteiger charge is 2.30. The van der Waals surface area contributed by atoms with Crippen molar-refractivity contribution in [2.75, 3.05) is 7.11 Å². The van der Waals surface area contributed by atoms with Gasteiger partial charge < -0.3 is 9.84 Å². The monoisotopic (exact) mass is 202 g/mol. The van der Waals surface area contributed by atoms with E-state index in [4.69, 9.17) is 4.74 Å². The molecule has 0 aliphatic rings. The Bertz CT molecular complexity index is 130. The Morgan fingerprint density at radius 1 is 1.21 bits per heavy atom. The van der Waals surface area contributed by atoms with Gasteiger partial charge in [0.25, 0.3) is 0 Å². The van der Waals surface area contributed by atoms with Crippen LogP contribution < -0.4 is 0 Å². The molecule has 14 heavy (non-hydrogen) atoms. The summed E-state index contributed by atoms with van der Waals surface area (Å²) in [4.78, 5) is 0. The predicted molar refractivity (Wildman–Crippen MR) is 60.5 cm³/mol. The van der Waals surface area contributed by atoms with E-state index < -0.39 is 0 Å².